The average Bonchev–Trinajstić information content (AvgIpc) is 2.55. The lowest BCUT2D eigenvalue weighted by atomic mass is 10.2. The van der Waals surface area contributed by atoms with E-state index in [-0.39, 0.29) is 0 Å². The first kappa shape index (κ1) is 13.6. The summed E-state index contributed by atoms with van der Waals surface area (Å²) >= 11 is 0. The number of nitriles is 1. The van der Waals surface area contributed by atoms with Crippen LogP contribution in [0.25, 0.3) is 27.2 Å². The monoisotopic (exact) mass is 304 g/mol. The second kappa shape index (κ2) is 4.56. The zero-order chi connectivity index (χ0) is 16.0. The van der Waals surface area contributed by atoms with E-state index in [2.05, 4.69) is 24.8 Å². The van der Waals surface area contributed by atoms with Gasteiger partial charge in [-0.25, -0.2) is 27.5 Å². The van der Waals surface area contributed by atoms with Gasteiger partial charge in [-0.1, -0.05) is 11.6 Å². The van der Waals surface area contributed by atoms with Crippen LogP contribution >= 0.6 is 0 Å². The maximum absolute atomic E-state index is 13.6. The maximum atomic E-state index is 13.6. The van der Waals surface area contributed by atoms with E-state index in [1.807, 2.05) is 0 Å². The molecule has 0 unspecified atom stereocenters. The van der Waals surface area contributed by atoms with Crippen LogP contribution in [0.3, 0.4) is 0 Å². The van der Waals surface area contributed by atoms with Crippen LogP contribution < -0.4 is 0 Å². The van der Waals surface area contributed by atoms with Gasteiger partial charge in [0.25, 0.3) is 5.65 Å². The van der Waals surface area contributed by atoms with E-state index in [1.165, 1.54) is 0 Å². The van der Waals surface area contributed by atoms with Gasteiger partial charge in [0.05, 0.1) is 0 Å². The Balaban J connectivity index is 2.53. The molecule has 6 nitrogen and oxygen atoms in total. The van der Waals surface area contributed by atoms with Crippen LogP contribution in [0.4, 0.5) is 23.4 Å². The van der Waals surface area contributed by atoms with Crippen molar-refractivity contribution in [2.75, 3.05) is 0 Å². The van der Waals surface area contributed by atoms with Gasteiger partial charge in [0.15, 0.2) is 29.0 Å². The number of nitrogens with zero attached hydrogens (tertiary/aromatic N) is 6. The number of aromatic nitrogens is 4. The van der Waals surface area contributed by atoms with Crippen molar-refractivity contribution < 1.29 is 17.6 Å². The number of hydrogen-bond donors (Lipinski definition) is 0. The van der Waals surface area contributed by atoms with E-state index < -0.39 is 57.1 Å². The summed E-state index contributed by atoms with van der Waals surface area (Å²) in [7, 11) is 0. The van der Waals surface area contributed by atoms with Crippen LogP contribution in [0, 0.1) is 41.2 Å². The van der Waals surface area contributed by atoms with Gasteiger partial charge in [-0.2, -0.15) is 10.2 Å². The first-order valence-electron chi connectivity index (χ1n) is 5.47. The fraction of sp³-hybridized carbons (Fsp3) is 0. The Morgan fingerprint density at radius 1 is 0.818 bits per heavy atom. The lowest BCUT2D eigenvalue weighted by Gasteiger charge is -2.03. The molecule has 106 valence electrons. The normalized spacial score (nSPS) is 10.6. The number of hydrogen-bond acceptors (Lipinski definition) is 5. The van der Waals surface area contributed by atoms with Crippen molar-refractivity contribution in [3.8, 4) is 6.07 Å². The lowest BCUT2D eigenvalue weighted by molar-refractivity contribution is 0.416. The van der Waals surface area contributed by atoms with Crippen molar-refractivity contribution in [2.24, 2.45) is 0 Å². The molecule has 0 atom stereocenters. The van der Waals surface area contributed by atoms with E-state index in [1.54, 1.807) is 6.07 Å². The minimum Gasteiger partial charge on any atom is -0.358 e. The SMILES string of the molecule is [C-]#[N+]c1nc2nc3c(F)c(F)c(F)c(F)c3nc2nc1C#N. The highest BCUT2D eigenvalue weighted by molar-refractivity contribution is 5.84. The van der Waals surface area contributed by atoms with E-state index in [4.69, 9.17) is 11.8 Å². The van der Waals surface area contributed by atoms with Gasteiger partial charge >= 0.3 is 5.82 Å². The molecule has 0 amide bonds. The maximum Gasteiger partial charge on any atom is 0.308 e. The van der Waals surface area contributed by atoms with Crippen LogP contribution in [0.2, 0.25) is 0 Å². The topological polar surface area (TPSA) is 79.7 Å². The quantitative estimate of drug-likeness (QED) is 0.210. The van der Waals surface area contributed by atoms with Crippen LogP contribution in [-0.4, -0.2) is 19.9 Å². The van der Waals surface area contributed by atoms with E-state index in [0.29, 0.717) is 0 Å². The summed E-state index contributed by atoms with van der Waals surface area (Å²) in [6.07, 6.45) is 0. The molecule has 0 saturated carbocycles. The van der Waals surface area contributed by atoms with E-state index >= 15 is 0 Å². The molecule has 3 aromatic rings. The van der Waals surface area contributed by atoms with Gasteiger partial charge in [-0.3, -0.25) is 0 Å². The van der Waals surface area contributed by atoms with E-state index in [0.717, 1.165) is 0 Å². The summed E-state index contributed by atoms with van der Waals surface area (Å²) in [6, 6.07) is 1.58. The third-order valence-electron chi connectivity index (χ3n) is 2.71. The molecular weight excluding hydrogens is 304 g/mol. The first-order chi connectivity index (χ1) is 10.5. The lowest BCUT2D eigenvalue weighted by Crippen LogP contribution is -2.04. The molecular formula is C12F4N6. The average molecular weight is 304 g/mol. The minimum absolute atomic E-state index is 0.401. The van der Waals surface area contributed by atoms with Crippen LogP contribution in [-0.2, 0) is 0 Å². The minimum atomic E-state index is -2.04. The highest BCUT2D eigenvalue weighted by atomic mass is 19.2. The zero-order valence-corrected chi connectivity index (χ0v) is 10.2. The van der Waals surface area contributed by atoms with Crippen LogP contribution in [0.15, 0.2) is 0 Å². The Hall–Kier alpha value is -3.40. The Bertz CT molecular complexity index is 966. The zero-order valence-electron chi connectivity index (χ0n) is 10.2. The van der Waals surface area contributed by atoms with Gasteiger partial charge in [0, 0.05) is 0 Å². The smallest absolute Gasteiger partial charge is 0.308 e. The summed E-state index contributed by atoms with van der Waals surface area (Å²) < 4.78 is 53.7. The summed E-state index contributed by atoms with van der Waals surface area (Å²) in [5, 5.41) is 8.81. The summed E-state index contributed by atoms with van der Waals surface area (Å²) in [4.78, 5) is 17.2. The molecule has 0 N–H and O–H groups in total. The molecule has 0 aliphatic carbocycles. The Kier molecular flexibility index (Phi) is 2.82. The molecule has 0 fully saturated rings. The van der Waals surface area contributed by atoms with Crippen molar-refractivity contribution in [1.82, 2.24) is 19.9 Å². The Morgan fingerprint density at radius 2 is 1.32 bits per heavy atom. The second-order valence-electron chi connectivity index (χ2n) is 3.94. The number of benzene rings is 1. The summed E-state index contributed by atoms with van der Waals surface area (Å²) in [5.74, 6) is -7.97. The summed E-state index contributed by atoms with van der Waals surface area (Å²) in [6.45, 7) is 6.84. The van der Waals surface area contributed by atoms with Crippen molar-refractivity contribution >= 4 is 28.1 Å². The van der Waals surface area contributed by atoms with Gasteiger partial charge in [-0.15, -0.1) is 0 Å². The fourth-order valence-electron chi connectivity index (χ4n) is 1.74. The number of fused-ring (bicyclic) bond motifs is 2. The van der Waals surface area contributed by atoms with Crippen LogP contribution in [0.5, 0.6) is 0 Å². The van der Waals surface area contributed by atoms with Gasteiger partial charge < -0.3 is 4.85 Å². The van der Waals surface area contributed by atoms with Crippen molar-refractivity contribution in [3.63, 3.8) is 0 Å². The van der Waals surface area contributed by atoms with Gasteiger partial charge in [-0.05, 0) is 0 Å². The molecule has 3 rings (SSSR count). The predicted octanol–water partition coefficient (Wildman–Crippen LogP) is 2.55. The number of rotatable bonds is 0. The Labute approximate surface area is 118 Å². The third-order valence-corrected chi connectivity index (χ3v) is 2.71. The van der Waals surface area contributed by atoms with Gasteiger partial charge in [0.2, 0.25) is 5.65 Å². The molecule has 0 saturated heterocycles. The number of halogens is 4. The molecule has 10 heteroatoms. The third kappa shape index (κ3) is 1.71. The molecule has 2 heterocycles. The standard InChI is InChI=1S/C12F4N6/c1-18-10-3(2-17)19-11-12(22-10)21-9-7(16)5(14)4(13)6(15)8(9)20-11. The predicted molar refractivity (Wildman–Crippen MR) is 63.4 cm³/mol. The molecule has 0 aliphatic rings. The second-order valence-corrected chi connectivity index (χ2v) is 3.94. The molecule has 22 heavy (non-hydrogen) atoms. The molecule has 0 spiro atoms. The van der Waals surface area contributed by atoms with Crippen molar-refractivity contribution in [3.05, 3.63) is 40.4 Å². The largest absolute Gasteiger partial charge is 0.358 e. The molecule has 0 radical (unpaired) electrons. The van der Waals surface area contributed by atoms with Crippen LogP contribution in [0.1, 0.15) is 5.69 Å². The summed E-state index contributed by atoms with van der Waals surface area (Å²) in [5.41, 5.74) is -2.99. The molecule has 2 aromatic heterocycles. The van der Waals surface area contributed by atoms with Gasteiger partial charge in [0.1, 0.15) is 17.1 Å². The molecule has 1 aromatic carbocycles. The highest BCUT2D eigenvalue weighted by Gasteiger charge is 2.24. The first-order valence-corrected chi connectivity index (χ1v) is 5.47. The Morgan fingerprint density at radius 3 is 1.77 bits per heavy atom. The van der Waals surface area contributed by atoms with Crippen molar-refractivity contribution in [2.45, 2.75) is 0 Å². The molecule has 0 aliphatic heterocycles. The highest BCUT2D eigenvalue weighted by Crippen LogP contribution is 2.26. The van der Waals surface area contributed by atoms with Crippen molar-refractivity contribution in [1.29, 1.82) is 5.26 Å². The molecule has 0 bridgehead atoms. The van der Waals surface area contributed by atoms with E-state index in [9.17, 15) is 17.6 Å². The fourth-order valence-corrected chi connectivity index (χ4v) is 1.74.